The number of benzene rings is 3. The minimum atomic E-state index is -1.18. The number of aliphatic carboxylic acids is 1. The average Bonchev–Trinajstić information content (AvgIpc) is 3.41. The van der Waals surface area contributed by atoms with Crippen molar-refractivity contribution in [2.75, 3.05) is 0 Å². The van der Waals surface area contributed by atoms with Crippen LogP contribution in [-0.4, -0.2) is 23.0 Å². The number of nitriles is 1. The van der Waals surface area contributed by atoms with Crippen molar-refractivity contribution in [1.82, 2.24) is 10.6 Å². The van der Waals surface area contributed by atoms with Crippen LogP contribution in [0.1, 0.15) is 51.3 Å². The number of carbonyl (C=O) groups is 2. The third kappa shape index (κ3) is 7.14. The molecule has 1 heterocycles. The quantitative estimate of drug-likeness (QED) is 0.225. The molecule has 0 aliphatic rings. The molecular formula is C31H28ClN3O4. The number of nitrogens with one attached hydrogen (secondary N) is 2. The van der Waals surface area contributed by atoms with E-state index in [1.807, 2.05) is 18.2 Å². The summed E-state index contributed by atoms with van der Waals surface area (Å²) in [7, 11) is 0. The maximum Gasteiger partial charge on any atom is 0.326 e. The molecule has 4 rings (SSSR count). The van der Waals surface area contributed by atoms with Gasteiger partial charge in [0.15, 0.2) is 0 Å². The van der Waals surface area contributed by atoms with Gasteiger partial charge in [0, 0.05) is 18.0 Å². The lowest BCUT2D eigenvalue weighted by molar-refractivity contribution is -0.139. The zero-order valence-electron chi connectivity index (χ0n) is 21.6. The highest BCUT2D eigenvalue weighted by Gasteiger charge is 2.23. The highest BCUT2D eigenvalue weighted by Crippen LogP contribution is 2.27. The number of halogens is 1. The fraction of sp³-hybridized carbons (Fsp3) is 0.194. The number of amides is 1. The normalized spacial score (nSPS) is 12.4. The van der Waals surface area contributed by atoms with Gasteiger partial charge in [-0.3, -0.25) is 4.79 Å². The first-order valence-electron chi connectivity index (χ1n) is 12.4. The maximum absolute atomic E-state index is 13.1. The zero-order valence-corrected chi connectivity index (χ0v) is 22.3. The van der Waals surface area contributed by atoms with E-state index in [1.54, 1.807) is 42.5 Å². The Morgan fingerprint density at radius 1 is 1.03 bits per heavy atom. The van der Waals surface area contributed by atoms with E-state index >= 15 is 0 Å². The summed E-state index contributed by atoms with van der Waals surface area (Å²) >= 11 is 6.31. The Kier molecular flexibility index (Phi) is 8.82. The molecule has 1 aromatic heterocycles. The fourth-order valence-corrected chi connectivity index (χ4v) is 4.30. The summed E-state index contributed by atoms with van der Waals surface area (Å²) in [5.41, 5.74) is 4.32. The second-order valence-electron chi connectivity index (χ2n) is 9.35. The van der Waals surface area contributed by atoms with Crippen LogP contribution in [0.3, 0.4) is 0 Å². The molecule has 0 saturated carbocycles. The van der Waals surface area contributed by atoms with Gasteiger partial charge < -0.3 is 20.2 Å². The average molecular weight is 542 g/mol. The zero-order chi connectivity index (χ0) is 27.9. The number of hydrogen-bond donors (Lipinski definition) is 3. The summed E-state index contributed by atoms with van der Waals surface area (Å²) < 4.78 is 6.01. The summed E-state index contributed by atoms with van der Waals surface area (Å²) in [5.74, 6) is -0.488. The minimum absolute atomic E-state index is 0.0552. The highest BCUT2D eigenvalue weighted by molar-refractivity contribution is 6.34. The Morgan fingerprint density at radius 2 is 1.74 bits per heavy atom. The van der Waals surface area contributed by atoms with Crippen LogP contribution in [0.4, 0.5) is 0 Å². The topological polar surface area (TPSA) is 115 Å². The van der Waals surface area contributed by atoms with Crippen molar-refractivity contribution in [1.29, 1.82) is 5.26 Å². The SMILES string of the molecule is Cc1ccc(C(C)NCc2ccc(-c3ccc(Cl)c(C(=O)NC(Cc4ccc(C#N)cc4)C(=O)O)c3)o2)cc1. The first-order chi connectivity index (χ1) is 18.7. The molecule has 4 aromatic rings. The minimum Gasteiger partial charge on any atom is -0.480 e. The Bertz CT molecular complexity index is 1500. The molecule has 8 heteroatoms. The molecule has 0 radical (unpaired) electrons. The first kappa shape index (κ1) is 27.6. The van der Waals surface area contributed by atoms with Crippen LogP contribution >= 0.6 is 11.6 Å². The summed E-state index contributed by atoms with van der Waals surface area (Å²) in [6.07, 6.45) is 0.0552. The Hall–Kier alpha value is -4.38. The van der Waals surface area contributed by atoms with Crippen LogP contribution < -0.4 is 10.6 Å². The lowest BCUT2D eigenvalue weighted by Crippen LogP contribution is -2.42. The maximum atomic E-state index is 13.1. The van der Waals surface area contributed by atoms with Gasteiger partial charge in [-0.25, -0.2) is 4.79 Å². The highest BCUT2D eigenvalue weighted by atomic mass is 35.5. The third-order valence-electron chi connectivity index (χ3n) is 6.44. The van der Waals surface area contributed by atoms with Gasteiger partial charge in [-0.1, -0.05) is 53.6 Å². The number of hydrogen-bond acceptors (Lipinski definition) is 5. The van der Waals surface area contributed by atoms with Crippen molar-refractivity contribution in [2.45, 2.75) is 38.9 Å². The van der Waals surface area contributed by atoms with Crippen molar-refractivity contribution in [3.05, 3.63) is 117 Å². The smallest absolute Gasteiger partial charge is 0.326 e. The molecule has 0 aliphatic heterocycles. The number of rotatable bonds is 10. The van der Waals surface area contributed by atoms with E-state index in [1.165, 1.54) is 11.1 Å². The van der Waals surface area contributed by atoms with Crippen molar-refractivity contribution in [2.24, 2.45) is 0 Å². The van der Waals surface area contributed by atoms with E-state index in [9.17, 15) is 14.7 Å². The molecule has 0 saturated heterocycles. The van der Waals surface area contributed by atoms with Crippen LogP contribution in [0.2, 0.25) is 5.02 Å². The van der Waals surface area contributed by atoms with Crippen molar-refractivity contribution in [3.8, 4) is 17.4 Å². The van der Waals surface area contributed by atoms with Gasteiger partial charge in [0.05, 0.1) is 28.8 Å². The largest absolute Gasteiger partial charge is 0.480 e. The van der Waals surface area contributed by atoms with Gasteiger partial charge >= 0.3 is 5.97 Å². The van der Waals surface area contributed by atoms with Crippen LogP contribution in [0.25, 0.3) is 11.3 Å². The van der Waals surface area contributed by atoms with Gasteiger partial charge in [-0.2, -0.15) is 5.26 Å². The van der Waals surface area contributed by atoms with E-state index in [0.717, 1.165) is 5.76 Å². The number of carbonyl (C=O) groups excluding carboxylic acids is 1. The molecule has 0 bridgehead atoms. The molecule has 7 nitrogen and oxygen atoms in total. The van der Waals surface area contributed by atoms with Crippen LogP contribution in [0.15, 0.2) is 83.3 Å². The number of furan rings is 1. The standard InChI is InChI=1S/C31H28ClN3O4/c1-19-3-9-23(10-4-19)20(2)34-18-25-12-14-29(39-25)24-11-13-27(32)26(16-24)30(36)35-28(31(37)38)15-21-5-7-22(17-33)8-6-21/h3-14,16,20,28,34H,15,18H2,1-2H3,(H,35,36)(H,37,38). The summed E-state index contributed by atoms with van der Waals surface area (Å²) in [6.45, 7) is 4.66. The lowest BCUT2D eigenvalue weighted by Gasteiger charge is -2.16. The van der Waals surface area contributed by atoms with Crippen LogP contribution in [0.5, 0.6) is 0 Å². The van der Waals surface area contributed by atoms with Gasteiger partial charge in [0.1, 0.15) is 17.6 Å². The predicted octanol–water partition coefficient (Wildman–Crippen LogP) is 6.06. The number of nitrogens with zero attached hydrogens (tertiary/aromatic N) is 1. The van der Waals surface area contributed by atoms with Crippen LogP contribution in [0, 0.1) is 18.3 Å². The van der Waals surface area contributed by atoms with Crippen LogP contribution in [-0.2, 0) is 17.8 Å². The number of carboxylic acid groups (broad SMARTS) is 1. The van der Waals surface area contributed by atoms with E-state index in [0.29, 0.717) is 29.0 Å². The van der Waals surface area contributed by atoms with Crippen molar-refractivity contribution in [3.63, 3.8) is 0 Å². The van der Waals surface area contributed by atoms with Gasteiger partial charge in [0.2, 0.25) is 0 Å². The summed E-state index contributed by atoms with van der Waals surface area (Å²) in [4.78, 5) is 24.9. The molecule has 3 N–H and O–H groups in total. The first-order valence-corrected chi connectivity index (χ1v) is 12.8. The second kappa shape index (κ2) is 12.4. The Morgan fingerprint density at radius 3 is 2.41 bits per heavy atom. The van der Waals surface area contributed by atoms with E-state index in [2.05, 4.69) is 48.7 Å². The molecule has 0 fully saturated rings. The molecule has 39 heavy (non-hydrogen) atoms. The Labute approximate surface area is 232 Å². The molecule has 0 spiro atoms. The molecule has 198 valence electrons. The summed E-state index contributed by atoms with van der Waals surface area (Å²) in [5, 5.41) is 24.8. The van der Waals surface area contributed by atoms with Gasteiger partial charge in [-0.05, 0) is 67.4 Å². The Balaban J connectivity index is 1.44. The molecule has 3 aromatic carbocycles. The predicted molar refractivity (Wildman–Crippen MR) is 149 cm³/mol. The lowest BCUT2D eigenvalue weighted by atomic mass is 10.0. The second-order valence-corrected chi connectivity index (χ2v) is 9.76. The molecule has 1 amide bonds. The number of carboxylic acids is 1. The van der Waals surface area contributed by atoms with E-state index in [4.69, 9.17) is 21.3 Å². The van der Waals surface area contributed by atoms with E-state index < -0.39 is 17.9 Å². The van der Waals surface area contributed by atoms with Crippen molar-refractivity contribution >= 4 is 23.5 Å². The molecule has 0 aliphatic carbocycles. The third-order valence-corrected chi connectivity index (χ3v) is 6.77. The number of aryl methyl sites for hydroxylation is 1. The van der Waals surface area contributed by atoms with E-state index in [-0.39, 0.29) is 23.0 Å². The van der Waals surface area contributed by atoms with Crippen molar-refractivity contribution < 1.29 is 19.1 Å². The monoisotopic (exact) mass is 541 g/mol. The molecular weight excluding hydrogens is 514 g/mol. The molecule has 2 unspecified atom stereocenters. The molecule has 2 atom stereocenters. The van der Waals surface area contributed by atoms with Gasteiger partial charge in [0.25, 0.3) is 5.91 Å². The van der Waals surface area contributed by atoms with Gasteiger partial charge in [-0.15, -0.1) is 0 Å². The summed E-state index contributed by atoms with van der Waals surface area (Å²) in [6, 6.07) is 24.5. The fourth-order valence-electron chi connectivity index (χ4n) is 4.09.